The molecule has 0 saturated carbocycles. The van der Waals surface area contributed by atoms with Gasteiger partial charge in [-0.25, -0.2) is 15.0 Å². The summed E-state index contributed by atoms with van der Waals surface area (Å²) >= 11 is 1.44. The van der Waals surface area contributed by atoms with Gasteiger partial charge in [0.15, 0.2) is 0 Å². The Balaban J connectivity index is 1.72. The van der Waals surface area contributed by atoms with Crippen LogP contribution in [-0.4, -0.2) is 20.9 Å². The van der Waals surface area contributed by atoms with Crippen molar-refractivity contribution in [3.63, 3.8) is 0 Å². The molecule has 7 heteroatoms. The van der Waals surface area contributed by atoms with Gasteiger partial charge in [-0.05, 0) is 36.6 Å². The first-order chi connectivity index (χ1) is 13.1. The summed E-state index contributed by atoms with van der Waals surface area (Å²) in [6.45, 7) is 10.7. The number of rotatable bonds is 4. The van der Waals surface area contributed by atoms with Crippen LogP contribution < -0.4 is 11.1 Å². The second kappa shape index (κ2) is 7.67. The Kier molecular flexibility index (Phi) is 5.47. The molecule has 0 aliphatic heterocycles. The molecule has 0 saturated heterocycles. The minimum atomic E-state index is -0.101. The molecule has 2 heterocycles. The molecule has 0 bridgehead atoms. The molecule has 28 heavy (non-hydrogen) atoms. The SMILES string of the molecule is Cc1cc(-c2nc(N)ncc2C)ccc1CNC(=O)c1cnc(C(C)(C)C)s1. The number of hydrogen-bond donors (Lipinski definition) is 2. The van der Waals surface area contributed by atoms with Crippen LogP contribution >= 0.6 is 11.3 Å². The lowest BCUT2D eigenvalue weighted by atomic mass is 9.98. The summed E-state index contributed by atoms with van der Waals surface area (Å²) in [6, 6.07) is 6.06. The molecule has 0 fully saturated rings. The maximum atomic E-state index is 12.5. The largest absolute Gasteiger partial charge is 0.368 e. The van der Waals surface area contributed by atoms with E-state index in [9.17, 15) is 4.79 Å². The van der Waals surface area contributed by atoms with Crippen molar-refractivity contribution in [3.05, 3.63) is 57.2 Å². The first kappa shape index (κ1) is 19.9. The summed E-state index contributed by atoms with van der Waals surface area (Å²) in [7, 11) is 0. The monoisotopic (exact) mass is 395 g/mol. The van der Waals surface area contributed by atoms with Crippen LogP contribution in [-0.2, 0) is 12.0 Å². The Morgan fingerprint density at radius 3 is 2.54 bits per heavy atom. The number of nitrogens with one attached hydrogen (secondary N) is 1. The minimum Gasteiger partial charge on any atom is -0.368 e. The van der Waals surface area contributed by atoms with Gasteiger partial charge in [0.2, 0.25) is 5.95 Å². The lowest BCUT2D eigenvalue weighted by Gasteiger charge is -2.13. The normalized spacial score (nSPS) is 11.5. The van der Waals surface area contributed by atoms with Gasteiger partial charge in [-0.2, -0.15) is 0 Å². The van der Waals surface area contributed by atoms with E-state index in [4.69, 9.17) is 5.73 Å². The molecular formula is C21H25N5OS. The first-order valence-corrected chi connectivity index (χ1v) is 9.90. The molecule has 6 nitrogen and oxygen atoms in total. The highest BCUT2D eigenvalue weighted by Gasteiger charge is 2.20. The molecule has 3 aromatic rings. The van der Waals surface area contributed by atoms with Crippen molar-refractivity contribution in [2.45, 2.75) is 46.6 Å². The molecule has 3 N–H and O–H groups in total. The standard InChI is InChI=1S/C21H25N5OS/c1-12-8-14(17-13(2)9-25-20(22)26-17)6-7-15(12)10-23-18(27)16-11-24-19(28-16)21(3,4)5/h6-9,11H,10H2,1-5H3,(H,23,27)(H2,22,25,26). The molecule has 1 aromatic carbocycles. The number of aromatic nitrogens is 3. The highest BCUT2D eigenvalue weighted by Crippen LogP contribution is 2.27. The Bertz CT molecular complexity index is 1020. The zero-order chi connectivity index (χ0) is 20.5. The van der Waals surface area contributed by atoms with E-state index in [0.29, 0.717) is 11.4 Å². The van der Waals surface area contributed by atoms with Crippen LogP contribution in [0.2, 0.25) is 0 Å². The molecule has 2 aromatic heterocycles. The summed E-state index contributed by atoms with van der Waals surface area (Å²) in [5.74, 6) is 0.157. The lowest BCUT2D eigenvalue weighted by molar-refractivity contribution is 0.0954. The van der Waals surface area contributed by atoms with Crippen LogP contribution in [0.15, 0.2) is 30.6 Å². The number of carbonyl (C=O) groups is 1. The first-order valence-electron chi connectivity index (χ1n) is 9.08. The number of nitrogens with zero attached hydrogens (tertiary/aromatic N) is 3. The Morgan fingerprint density at radius 2 is 1.89 bits per heavy atom. The fraction of sp³-hybridized carbons (Fsp3) is 0.333. The van der Waals surface area contributed by atoms with E-state index < -0.39 is 0 Å². The Morgan fingerprint density at radius 1 is 1.14 bits per heavy atom. The molecule has 0 spiro atoms. The van der Waals surface area contributed by atoms with Crippen molar-refractivity contribution in [2.75, 3.05) is 5.73 Å². The zero-order valence-electron chi connectivity index (χ0n) is 16.8. The van der Waals surface area contributed by atoms with Gasteiger partial charge in [-0.15, -0.1) is 11.3 Å². The fourth-order valence-electron chi connectivity index (χ4n) is 2.78. The Labute approximate surface area is 169 Å². The van der Waals surface area contributed by atoms with Gasteiger partial charge in [0, 0.05) is 23.7 Å². The predicted molar refractivity (Wildman–Crippen MR) is 113 cm³/mol. The zero-order valence-corrected chi connectivity index (χ0v) is 17.6. The molecule has 146 valence electrons. The van der Waals surface area contributed by atoms with Crippen LogP contribution in [0.4, 0.5) is 5.95 Å². The maximum Gasteiger partial charge on any atom is 0.263 e. The van der Waals surface area contributed by atoms with E-state index >= 15 is 0 Å². The predicted octanol–water partition coefficient (Wildman–Crippen LogP) is 4.03. The number of nitrogen functional groups attached to an aromatic ring is 1. The topological polar surface area (TPSA) is 93.8 Å². The molecule has 0 unspecified atom stereocenters. The highest BCUT2D eigenvalue weighted by molar-refractivity contribution is 7.13. The molecule has 1 amide bonds. The van der Waals surface area contributed by atoms with Crippen molar-refractivity contribution in [3.8, 4) is 11.3 Å². The van der Waals surface area contributed by atoms with E-state index in [1.54, 1.807) is 12.4 Å². The second-order valence-electron chi connectivity index (χ2n) is 7.86. The number of thiazole rings is 1. The van der Waals surface area contributed by atoms with E-state index in [1.165, 1.54) is 11.3 Å². The lowest BCUT2D eigenvalue weighted by Crippen LogP contribution is -2.22. The summed E-state index contributed by atoms with van der Waals surface area (Å²) < 4.78 is 0. The number of carbonyl (C=O) groups excluding carboxylic acids is 1. The van der Waals surface area contributed by atoms with Crippen LogP contribution in [0.5, 0.6) is 0 Å². The average Bonchev–Trinajstić information content (AvgIpc) is 3.13. The van der Waals surface area contributed by atoms with Crippen LogP contribution in [0, 0.1) is 13.8 Å². The van der Waals surface area contributed by atoms with Crippen LogP contribution in [0.3, 0.4) is 0 Å². The maximum absolute atomic E-state index is 12.5. The van der Waals surface area contributed by atoms with E-state index in [1.807, 2.05) is 26.0 Å². The molecule has 0 aliphatic rings. The van der Waals surface area contributed by atoms with E-state index in [0.717, 1.165) is 33.0 Å². The van der Waals surface area contributed by atoms with Gasteiger partial charge in [0.25, 0.3) is 5.91 Å². The van der Waals surface area contributed by atoms with Gasteiger partial charge >= 0.3 is 0 Å². The van der Waals surface area contributed by atoms with Crippen LogP contribution in [0.25, 0.3) is 11.3 Å². The van der Waals surface area contributed by atoms with Gasteiger partial charge < -0.3 is 11.1 Å². The van der Waals surface area contributed by atoms with E-state index in [2.05, 4.69) is 47.1 Å². The summed E-state index contributed by atoms with van der Waals surface area (Å²) in [5, 5.41) is 3.94. The number of hydrogen-bond acceptors (Lipinski definition) is 6. The summed E-state index contributed by atoms with van der Waals surface area (Å²) in [4.78, 5) is 25.8. The quantitative estimate of drug-likeness (QED) is 0.696. The Hall–Kier alpha value is -2.80. The number of anilines is 1. The van der Waals surface area contributed by atoms with E-state index in [-0.39, 0.29) is 17.3 Å². The third kappa shape index (κ3) is 4.36. The minimum absolute atomic E-state index is 0.0574. The van der Waals surface area contributed by atoms with Crippen molar-refractivity contribution in [2.24, 2.45) is 0 Å². The number of benzene rings is 1. The smallest absolute Gasteiger partial charge is 0.263 e. The van der Waals surface area contributed by atoms with Crippen molar-refractivity contribution >= 4 is 23.2 Å². The van der Waals surface area contributed by atoms with Gasteiger partial charge in [0.05, 0.1) is 16.9 Å². The molecule has 0 atom stereocenters. The molecule has 3 rings (SSSR count). The van der Waals surface area contributed by atoms with Gasteiger partial charge in [-0.1, -0.05) is 32.9 Å². The van der Waals surface area contributed by atoms with Crippen molar-refractivity contribution in [1.29, 1.82) is 0 Å². The number of amides is 1. The fourth-order valence-corrected chi connectivity index (χ4v) is 3.67. The third-order valence-electron chi connectivity index (χ3n) is 4.42. The summed E-state index contributed by atoms with van der Waals surface area (Å²) in [5.41, 5.74) is 10.6. The molecular weight excluding hydrogens is 370 g/mol. The average molecular weight is 396 g/mol. The summed E-state index contributed by atoms with van der Waals surface area (Å²) in [6.07, 6.45) is 3.38. The van der Waals surface area contributed by atoms with Crippen LogP contribution in [0.1, 0.15) is 52.1 Å². The molecule has 0 aliphatic carbocycles. The van der Waals surface area contributed by atoms with Gasteiger partial charge in [0.1, 0.15) is 4.88 Å². The highest BCUT2D eigenvalue weighted by atomic mass is 32.1. The number of nitrogens with two attached hydrogens (primary N) is 1. The van der Waals surface area contributed by atoms with Crippen molar-refractivity contribution in [1.82, 2.24) is 20.3 Å². The third-order valence-corrected chi connectivity index (χ3v) is 5.84. The van der Waals surface area contributed by atoms with Gasteiger partial charge in [-0.3, -0.25) is 4.79 Å². The second-order valence-corrected chi connectivity index (χ2v) is 8.89. The van der Waals surface area contributed by atoms with Crippen molar-refractivity contribution < 1.29 is 4.79 Å². The number of aryl methyl sites for hydroxylation is 2. The molecule has 0 radical (unpaired) electrons.